The molecule has 2 aromatic rings. The van der Waals surface area contributed by atoms with Gasteiger partial charge in [0.1, 0.15) is 5.84 Å². The van der Waals surface area contributed by atoms with Gasteiger partial charge in [-0.05, 0) is 42.7 Å². The molecule has 0 unspecified atom stereocenters. The van der Waals surface area contributed by atoms with Gasteiger partial charge < -0.3 is 10.6 Å². The number of hydrogen-bond acceptors (Lipinski definition) is 2. The van der Waals surface area contributed by atoms with E-state index in [1.807, 2.05) is 18.2 Å². The lowest BCUT2D eigenvalue weighted by molar-refractivity contribution is 0.766. The maximum absolute atomic E-state index is 7.79. The number of nitrogen functional groups attached to an aromatic ring is 1. The summed E-state index contributed by atoms with van der Waals surface area (Å²) in [5.41, 5.74) is 10.1. The van der Waals surface area contributed by atoms with Crippen LogP contribution in [-0.4, -0.2) is 12.4 Å². The molecule has 3 nitrogen and oxygen atoms in total. The van der Waals surface area contributed by atoms with Crippen molar-refractivity contribution in [2.24, 2.45) is 5.73 Å². The van der Waals surface area contributed by atoms with E-state index in [0.717, 1.165) is 35.1 Å². The van der Waals surface area contributed by atoms with E-state index in [2.05, 4.69) is 45.1 Å². The Labute approximate surface area is 127 Å². The van der Waals surface area contributed by atoms with Crippen molar-refractivity contribution >= 4 is 33.1 Å². The van der Waals surface area contributed by atoms with Crippen LogP contribution in [0, 0.1) is 5.41 Å². The van der Waals surface area contributed by atoms with Crippen LogP contribution >= 0.6 is 15.9 Å². The molecule has 102 valence electrons. The van der Waals surface area contributed by atoms with E-state index in [0.29, 0.717) is 0 Å². The molecule has 0 fully saturated rings. The fraction of sp³-hybridized carbons (Fsp3) is 0.188. The van der Waals surface area contributed by atoms with Gasteiger partial charge in [-0.15, -0.1) is 0 Å². The first-order chi connectivity index (χ1) is 9.66. The summed E-state index contributed by atoms with van der Waals surface area (Å²) in [5.74, 6) is 0.107. The highest BCUT2D eigenvalue weighted by atomic mass is 79.9. The van der Waals surface area contributed by atoms with Crippen molar-refractivity contribution in [3.05, 3.63) is 58.1 Å². The zero-order valence-electron chi connectivity index (χ0n) is 11.1. The SMILES string of the molecule is N=C(N)c1ccc(Br)cc1N1CCCc2ccccc21. The molecule has 0 aromatic heterocycles. The van der Waals surface area contributed by atoms with Crippen LogP contribution in [0.15, 0.2) is 46.9 Å². The largest absolute Gasteiger partial charge is 0.384 e. The first-order valence-corrected chi connectivity index (χ1v) is 7.45. The third-order valence-electron chi connectivity index (χ3n) is 3.65. The van der Waals surface area contributed by atoms with Gasteiger partial charge in [-0.1, -0.05) is 34.1 Å². The van der Waals surface area contributed by atoms with Crippen LogP contribution in [-0.2, 0) is 6.42 Å². The highest BCUT2D eigenvalue weighted by Gasteiger charge is 2.21. The lowest BCUT2D eigenvalue weighted by Gasteiger charge is -2.32. The highest BCUT2D eigenvalue weighted by molar-refractivity contribution is 9.10. The molecule has 0 saturated heterocycles. The molecule has 1 heterocycles. The van der Waals surface area contributed by atoms with Gasteiger partial charge in [0.05, 0.1) is 5.69 Å². The molecule has 1 aliphatic rings. The van der Waals surface area contributed by atoms with E-state index >= 15 is 0 Å². The van der Waals surface area contributed by atoms with Crippen LogP contribution in [0.5, 0.6) is 0 Å². The van der Waals surface area contributed by atoms with Crippen LogP contribution < -0.4 is 10.6 Å². The summed E-state index contributed by atoms with van der Waals surface area (Å²) in [5, 5.41) is 7.79. The maximum atomic E-state index is 7.79. The molecular weight excluding hydrogens is 314 g/mol. The number of nitrogens with zero attached hydrogens (tertiary/aromatic N) is 1. The fourth-order valence-electron chi connectivity index (χ4n) is 2.74. The van der Waals surface area contributed by atoms with E-state index < -0.39 is 0 Å². The summed E-state index contributed by atoms with van der Waals surface area (Å²) in [6.07, 6.45) is 2.22. The molecule has 0 amide bonds. The summed E-state index contributed by atoms with van der Waals surface area (Å²) in [6, 6.07) is 14.3. The predicted octanol–water partition coefficient (Wildman–Crippen LogP) is 3.82. The van der Waals surface area contributed by atoms with Gasteiger partial charge in [0.2, 0.25) is 0 Å². The minimum Gasteiger partial charge on any atom is -0.384 e. The Hall–Kier alpha value is -1.81. The third-order valence-corrected chi connectivity index (χ3v) is 4.14. The fourth-order valence-corrected chi connectivity index (χ4v) is 3.09. The number of hydrogen-bond donors (Lipinski definition) is 2. The molecule has 2 aromatic carbocycles. The molecule has 0 spiro atoms. The zero-order chi connectivity index (χ0) is 14.1. The van der Waals surface area contributed by atoms with Crippen LogP contribution in [0.2, 0.25) is 0 Å². The van der Waals surface area contributed by atoms with Crippen molar-refractivity contribution in [3.8, 4) is 0 Å². The van der Waals surface area contributed by atoms with E-state index in [9.17, 15) is 0 Å². The number of anilines is 2. The summed E-state index contributed by atoms with van der Waals surface area (Å²) >= 11 is 3.51. The quantitative estimate of drug-likeness (QED) is 0.650. The van der Waals surface area contributed by atoms with Gasteiger partial charge >= 0.3 is 0 Å². The minimum atomic E-state index is 0.107. The van der Waals surface area contributed by atoms with Gasteiger partial charge in [-0.25, -0.2) is 0 Å². The normalized spacial score (nSPS) is 13.9. The number of para-hydroxylation sites is 1. The van der Waals surface area contributed by atoms with Crippen molar-refractivity contribution in [2.75, 3.05) is 11.4 Å². The van der Waals surface area contributed by atoms with Gasteiger partial charge in [-0.3, -0.25) is 5.41 Å². The lowest BCUT2D eigenvalue weighted by Crippen LogP contribution is -2.27. The van der Waals surface area contributed by atoms with E-state index in [1.54, 1.807) is 0 Å². The molecule has 3 rings (SSSR count). The van der Waals surface area contributed by atoms with Crippen molar-refractivity contribution in [1.82, 2.24) is 0 Å². The maximum Gasteiger partial charge on any atom is 0.124 e. The number of aryl methyl sites for hydroxylation is 1. The molecule has 0 bridgehead atoms. The highest BCUT2D eigenvalue weighted by Crippen LogP contribution is 2.36. The van der Waals surface area contributed by atoms with Gasteiger partial charge in [0.25, 0.3) is 0 Å². The first-order valence-electron chi connectivity index (χ1n) is 6.66. The molecule has 0 aliphatic carbocycles. The number of rotatable bonds is 2. The Morgan fingerprint density at radius 2 is 1.95 bits per heavy atom. The second kappa shape index (κ2) is 5.29. The summed E-state index contributed by atoms with van der Waals surface area (Å²) in [6.45, 7) is 0.952. The minimum absolute atomic E-state index is 0.107. The lowest BCUT2D eigenvalue weighted by atomic mass is 10.00. The number of amidine groups is 1. The molecular formula is C16H16BrN3. The number of nitrogens with one attached hydrogen (secondary N) is 1. The van der Waals surface area contributed by atoms with Crippen molar-refractivity contribution in [2.45, 2.75) is 12.8 Å². The molecule has 1 aliphatic heterocycles. The smallest absolute Gasteiger partial charge is 0.124 e. The average Bonchev–Trinajstić information content (AvgIpc) is 2.46. The summed E-state index contributed by atoms with van der Waals surface area (Å²) in [4.78, 5) is 2.26. The van der Waals surface area contributed by atoms with Crippen molar-refractivity contribution in [1.29, 1.82) is 5.41 Å². The van der Waals surface area contributed by atoms with Gasteiger partial charge in [0.15, 0.2) is 0 Å². The molecule has 0 atom stereocenters. The number of fused-ring (bicyclic) bond motifs is 1. The Kier molecular flexibility index (Phi) is 3.49. The molecule has 3 N–H and O–H groups in total. The predicted molar refractivity (Wildman–Crippen MR) is 86.9 cm³/mol. The van der Waals surface area contributed by atoms with Crippen molar-refractivity contribution in [3.63, 3.8) is 0 Å². The molecule has 4 heteroatoms. The molecule has 20 heavy (non-hydrogen) atoms. The zero-order valence-corrected chi connectivity index (χ0v) is 12.7. The second-order valence-electron chi connectivity index (χ2n) is 4.96. The van der Waals surface area contributed by atoms with E-state index in [4.69, 9.17) is 11.1 Å². The number of benzene rings is 2. The Morgan fingerprint density at radius 3 is 2.75 bits per heavy atom. The molecule has 0 radical (unpaired) electrons. The van der Waals surface area contributed by atoms with Crippen molar-refractivity contribution < 1.29 is 0 Å². The Balaban J connectivity index is 2.15. The van der Waals surface area contributed by atoms with Crippen LogP contribution in [0.25, 0.3) is 0 Å². The Morgan fingerprint density at radius 1 is 1.15 bits per heavy atom. The monoisotopic (exact) mass is 329 g/mol. The average molecular weight is 330 g/mol. The van der Waals surface area contributed by atoms with Crippen LogP contribution in [0.1, 0.15) is 17.5 Å². The molecule has 0 saturated carbocycles. The van der Waals surface area contributed by atoms with Gasteiger partial charge in [-0.2, -0.15) is 0 Å². The second-order valence-corrected chi connectivity index (χ2v) is 5.87. The van der Waals surface area contributed by atoms with Crippen LogP contribution in [0.4, 0.5) is 11.4 Å². The Bertz CT molecular complexity index is 667. The van der Waals surface area contributed by atoms with Gasteiger partial charge in [0, 0.05) is 22.3 Å². The van der Waals surface area contributed by atoms with Crippen LogP contribution in [0.3, 0.4) is 0 Å². The summed E-state index contributed by atoms with van der Waals surface area (Å²) < 4.78 is 1.00. The standard InChI is InChI=1S/C16H16BrN3/c17-12-7-8-13(16(18)19)15(10-12)20-9-3-5-11-4-1-2-6-14(11)20/h1-2,4,6-8,10H,3,5,9H2,(H3,18,19). The number of nitrogens with two attached hydrogens (primary N) is 1. The number of halogens is 1. The first kappa shape index (κ1) is 13.2. The van der Waals surface area contributed by atoms with E-state index in [1.165, 1.54) is 11.3 Å². The summed E-state index contributed by atoms with van der Waals surface area (Å²) in [7, 11) is 0. The van der Waals surface area contributed by atoms with E-state index in [-0.39, 0.29) is 5.84 Å². The third kappa shape index (κ3) is 2.31. The topological polar surface area (TPSA) is 53.1 Å².